The molecule has 1 aromatic heterocycles. The summed E-state index contributed by atoms with van der Waals surface area (Å²) in [6.45, 7) is 0. The molecule has 2 nitrogen and oxygen atoms in total. The largest absolute Gasteiger partial charge is 0.497 e. The number of terminal acetylenes is 1. The molecule has 0 amide bonds. The molecule has 2 aromatic carbocycles. The first-order valence-corrected chi connectivity index (χ1v) is 6.85. The van der Waals surface area contributed by atoms with Gasteiger partial charge in [-0.1, -0.05) is 12.0 Å². The first-order valence-electron chi connectivity index (χ1n) is 6.06. The Morgan fingerprint density at radius 3 is 2.80 bits per heavy atom. The second kappa shape index (κ2) is 5.07. The Hall–Kier alpha value is -2.18. The highest BCUT2D eigenvalue weighted by atomic mass is 79.9. The van der Waals surface area contributed by atoms with Crippen LogP contribution in [0, 0.1) is 12.3 Å². The fraction of sp³-hybridized carbons (Fsp3) is 0.0588. The van der Waals surface area contributed by atoms with E-state index in [1.165, 1.54) is 0 Å². The zero-order valence-electron chi connectivity index (χ0n) is 10.8. The van der Waals surface area contributed by atoms with Crippen molar-refractivity contribution in [3.63, 3.8) is 0 Å². The number of benzene rings is 2. The number of ether oxygens (including phenoxy) is 1. The molecule has 0 aliphatic heterocycles. The van der Waals surface area contributed by atoms with Crippen molar-refractivity contribution in [2.24, 2.45) is 0 Å². The zero-order chi connectivity index (χ0) is 14.1. The van der Waals surface area contributed by atoms with E-state index in [0.717, 1.165) is 38.1 Å². The molecule has 98 valence electrons. The molecule has 0 unspecified atom stereocenters. The van der Waals surface area contributed by atoms with E-state index in [0.29, 0.717) is 0 Å². The van der Waals surface area contributed by atoms with Crippen molar-refractivity contribution in [1.82, 2.24) is 0 Å². The predicted octanol–water partition coefficient (Wildman–Crippen LogP) is 4.85. The molecule has 0 bridgehead atoms. The molecule has 3 heteroatoms. The van der Waals surface area contributed by atoms with E-state index in [9.17, 15) is 0 Å². The van der Waals surface area contributed by atoms with Crippen LogP contribution in [-0.2, 0) is 0 Å². The van der Waals surface area contributed by atoms with Crippen LogP contribution >= 0.6 is 15.9 Å². The third-order valence-electron chi connectivity index (χ3n) is 3.15. The van der Waals surface area contributed by atoms with E-state index >= 15 is 0 Å². The lowest BCUT2D eigenvalue weighted by Gasteiger charge is -2.02. The fourth-order valence-corrected chi connectivity index (χ4v) is 2.64. The van der Waals surface area contributed by atoms with Crippen LogP contribution in [-0.4, -0.2) is 7.11 Å². The predicted molar refractivity (Wildman–Crippen MR) is 83.8 cm³/mol. The molecule has 0 N–H and O–H groups in total. The van der Waals surface area contributed by atoms with E-state index in [2.05, 4.69) is 21.9 Å². The summed E-state index contributed by atoms with van der Waals surface area (Å²) in [5.74, 6) is 4.25. The van der Waals surface area contributed by atoms with Gasteiger partial charge in [-0.15, -0.1) is 6.42 Å². The number of halogens is 1. The van der Waals surface area contributed by atoms with Crippen molar-refractivity contribution in [3.05, 3.63) is 52.5 Å². The average Bonchev–Trinajstić information content (AvgIpc) is 2.89. The zero-order valence-corrected chi connectivity index (χ0v) is 12.4. The van der Waals surface area contributed by atoms with Gasteiger partial charge in [0, 0.05) is 21.0 Å². The van der Waals surface area contributed by atoms with Crippen molar-refractivity contribution >= 4 is 26.9 Å². The van der Waals surface area contributed by atoms with Gasteiger partial charge in [0.2, 0.25) is 0 Å². The summed E-state index contributed by atoms with van der Waals surface area (Å²) in [7, 11) is 1.65. The van der Waals surface area contributed by atoms with Crippen LogP contribution in [0.25, 0.3) is 22.3 Å². The van der Waals surface area contributed by atoms with Crippen molar-refractivity contribution < 1.29 is 9.15 Å². The lowest BCUT2D eigenvalue weighted by Crippen LogP contribution is -1.83. The Kier molecular flexibility index (Phi) is 3.25. The molecule has 3 rings (SSSR count). The van der Waals surface area contributed by atoms with Gasteiger partial charge in [-0.2, -0.15) is 0 Å². The Morgan fingerprint density at radius 1 is 1.20 bits per heavy atom. The number of hydrogen-bond acceptors (Lipinski definition) is 2. The van der Waals surface area contributed by atoms with Crippen LogP contribution in [0.1, 0.15) is 5.56 Å². The minimum atomic E-state index is 0.752. The minimum absolute atomic E-state index is 0.752. The number of fused-ring (bicyclic) bond motifs is 1. The summed E-state index contributed by atoms with van der Waals surface area (Å²) in [5, 5.41) is 0.988. The van der Waals surface area contributed by atoms with Gasteiger partial charge in [0.25, 0.3) is 0 Å². The van der Waals surface area contributed by atoms with E-state index in [4.69, 9.17) is 15.6 Å². The second-order valence-electron chi connectivity index (χ2n) is 4.32. The van der Waals surface area contributed by atoms with Crippen molar-refractivity contribution in [2.45, 2.75) is 0 Å². The first-order chi connectivity index (χ1) is 9.72. The molecule has 0 spiro atoms. The number of methoxy groups -OCH3 is 1. The Labute approximate surface area is 125 Å². The molecule has 0 saturated carbocycles. The summed E-state index contributed by atoms with van der Waals surface area (Å²) in [6, 6.07) is 13.5. The SMILES string of the molecule is C#Cc1c(Br)cccc1-c1cc2cc(OC)ccc2o1. The van der Waals surface area contributed by atoms with Gasteiger partial charge in [-0.05, 0) is 52.3 Å². The molecule has 0 saturated heterocycles. The van der Waals surface area contributed by atoms with Crippen LogP contribution < -0.4 is 4.74 Å². The lowest BCUT2D eigenvalue weighted by molar-refractivity contribution is 0.415. The van der Waals surface area contributed by atoms with Crippen LogP contribution in [0.2, 0.25) is 0 Å². The lowest BCUT2D eigenvalue weighted by atomic mass is 10.1. The maximum absolute atomic E-state index is 5.88. The van der Waals surface area contributed by atoms with Crippen LogP contribution in [0.3, 0.4) is 0 Å². The number of furan rings is 1. The van der Waals surface area contributed by atoms with Gasteiger partial charge < -0.3 is 9.15 Å². The number of hydrogen-bond donors (Lipinski definition) is 0. The smallest absolute Gasteiger partial charge is 0.136 e. The molecule has 1 heterocycles. The molecule has 0 aliphatic rings. The molecular formula is C17H11BrO2. The Bertz CT molecular complexity index is 825. The van der Waals surface area contributed by atoms with E-state index in [-0.39, 0.29) is 0 Å². The number of rotatable bonds is 2. The molecule has 3 aromatic rings. The third kappa shape index (κ3) is 2.09. The van der Waals surface area contributed by atoms with E-state index < -0.39 is 0 Å². The highest BCUT2D eigenvalue weighted by molar-refractivity contribution is 9.10. The maximum Gasteiger partial charge on any atom is 0.136 e. The van der Waals surface area contributed by atoms with Gasteiger partial charge in [0.1, 0.15) is 17.1 Å². The summed E-state index contributed by atoms with van der Waals surface area (Å²) in [6.07, 6.45) is 5.59. The topological polar surface area (TPSA) is 22.4 Å². The third-order valence-corrected chi connectivity index (χ3v) is 3.81. The standard InChI is InChI=1S/C17H11BrO2/c1-3-13-14(5-4-6-15(13)18)17-10-11-9-12(19-2)7-8-16(11)20-17/h1,4-10H,2H3. The summed E-state index contributed by atoms with van der Waals surface area (Å²) >= 11 is 3.47. The molecule has 0 fully saturated rings. The maximum atomic E-state index is 5.88. The second-order valence-corrected chi connectivity index (χ2v) is 5.18. The Balaban J connectivity index is 2.21. The van der Waals surface area contributed by atoms with Gasteiger partial charge >= 0.3 is 0 Å². The van der Waals surface area contributed by atoms with Crippen molar-refractivity contribution in [2.75, 3.05) is 7.11 Å². The van der Waals surface area contributed by atoms with Gasteiger partial charge in [-0.25, -0.2) is 0 Å². The normalized spacial score (nSPS) is 10.4. The fourth-order valence-electron chi connectivity index (χ4n) is 2.16. The summed E-state index contributed by atoms with van der Waals surface area (Å²) in [5.41, 5.74) is 2.50. The Morgan fingerprint density at radius 2 is 2.05 bits per heavy atom. The van der Waals surface area contributed by atoms with Crippen LogP contribution in [0.4, 0.5) is 0 Å². The average molecular weight is 327 g/mol. The van der Waals surface area contributed by atoms with E-state index in [1.54, 1.807) is 7.11 Å². The summed E-state index contributed by atoms with van der Waals surface area (Å²) < 4.78 is 12.0. The molecule has 0 atom stereocenters. The van der Waals surface area contributed by atoms with Gasteiger partial charge in [0.15, 0.2) is 0 Å². The van der Waals surface area contributed by atoms with Crippen LogP contribution in [0.5, 0.6) is 5.75 Å². The summed E-state index contributed by atoms with van der Waals surface area (Å²) in [4.78, 5) is 0. The highest BCUT2D eigenvalue weighted by Gasteiger charge is 2.12. The van der Waals surface area contributed by atoms with Crippen LogP contribution in [0.15, 0.2) is 51.4 Å². The molecule has 0 aliphatic carbocycles. The monoisotopic (exact) mass is 326 g/mol. The van der Waals surface area contributed by atoms with Crippen molar-refractivity contribution in [1.29, 1.82) is 0 Å². The van der Waals surface area contributed by atoms with E-state index in [1.807, 2.05) is 42.5 Å². The highest BCUT2D eigenvalue weighted by Crippen LogP contribution is 2.34. The molecular weight excluding hydrogens is 316 g/mol. The van der Waals surface area contributed by atoms with Crippen molar-refractivity contribution in [3.8, 4) is 29.4 Å². The first kappa shape index (κ1) is 12.8. The van der Waals surface area contributed by atoms with Gasteiger partial charge in [-0.3, -0.25) is 0 Å². The quantitative estimate of drug-likeness (QED) is 0.628. The molecule has 20 heavy (non-hydrogen) atoms. The van der Waals surface area contributed by atoms with Gasteiger partial charge in [0.05, 0.1) is 7.11 Å². The minimum Gasteiger partial charge on any atom is -0.497 e. The molecule has 0 radical (unpaired) electrons.